The Balaban J connectivity index is 2.17. The Morgan fingerprint density at radius 1 is 1.00 bits per heavy atom. The molecule has 9 heteroatoms. The minimum atomic E-state index is -0.356. The molecule has 0 aliphatic carbocycles. The van der Waals surface area contributed by atoms with Gasteiger partial charge in [-0.1, -0.05) is 45.8 Å². The number of ether oxygens (including phenoxy) is 1. The van der Waals surface area contributed by atoms with Crippen molar-refractivity contribution in [1.82, 2.24) is 5.32 Å². The topological polar surface area (TPSA) is 103 Å². The molecule has 2 aromatic carbocycles. The number of oxime groups is 3. The number of carbonyl (C=O) groups is 1. The van der Waals surface area contributed by atoms with Crippen molar-refractivity contribution in [2.75, 3.05) is 27.9 Å². The van der Waals surface area contributed by atoms with E-state index in [1.165, 1.54) is 21.3 Å². The minimum Gasteiger partial charge on any atom is -0.488 e. The second-order valence-corrected chi connectivity index (χ2v) is 7.08. The van der Waals surface area contributed by atoms with Crippen LogP contribution in [0.3, 0.4) is 0 Å². The van der Waals surface area contributed by atoms with Gasteiger partial charge in [0.2, 0.25) is 0 Å². The van der Waals surface area contributed by atoms with Gasteiger partial charge >= 0.3 is 0 Å². The number of hydrogen-bond donors (Lipinski definition) is 1. The van der Waals surface area contributed by atoms with Crippen LogP contribution in [0.1, 0.15) is 36.1 Å². The molecule has 2 rings (SSSR count). The standard InChI is InChI=1S/C24H30N4O5/c1-16-9-7-12-21(23(28-31-6)24(29)25-4)22(16)15-33-27-18(3)19-10-8-11-20(13-19)32-14-17(2)26-30-5/h7-13H,14-15H2,1-6H3,(H,25,29)/b26-17+,27-18+,28-23+. The fourth-order valence-electron chi connectivity index (χ4n) is 2.97. The normalized spacial score (nSPS) is 12.2. The third-order valence-corrected chi connectivity index (χ3v) is 4.65. The Labute approximate surface area is 194 Å². The zero-order chi connectivity index (χ0) is 24.2. The summed E-state index contributed by atoms with van der Waals surface area (Å²) in [5.74, 6) is 0.325. The van der Waals surface area contributed by atoms with Crippen LogP contribution in [-0.2, 0) is 25.9 Å². The molecule has 176 valence electrons. The average Bonchev–Trinajstić information content (AvgIpc) is 2.82. The SMILES string of the molecule is CNC(=O)/C(=N/OC)c1cccc(C)c1CO/N=C(\C)c1cccc(OC/C(C)=N/OC)c1. The van der Waals surface area contributed by atoms with Crippen LogP contribution in [0, 0.1) is 6.92 Å². The monoisotopic (exact) mass is 454 g/mol. The molecular formula is C24H30N4O5. The predicted octanol–water partition coefficient (Wildman–Crippen LogP) is 3.43. The van der Waals surface area contributed by atoms with Gasteiger partial charge in [0, 0.05) is 23.7 Å². The maximum Gasteiger partial charge on any atom is 0.273 e. The average molecular weight is 455 g/mol. The van der Waals surface area contributed by atoms with Crippen LogP contribution in [0.25, 0.3) is 0 Å². The van der Waals surface area contributed by atoms with Crippen LogP contribution < -0.4 is 10.1 Å². The summed E-state index contributed by atoms with van der Waals surface area (Å²) in [5.41, 5.74) is 4.77. The third-order valence-electron chi connectivity index (χ3n) is 4.65. The first kappa shape index (κ1) is 25.4. The number of hydrogen-bond acceptors (Lipinski definition) is 8. The first-order valence-electron chi connectivity index (χ1n) is 10.3. The third kappa shape index (κ3) is 7.34. The first-order chi connectivity index (χ1) is 15.9. The van der Waals surface area contributed by atoms with Crippen LogP contribution >= 0.6 is 0 Å². The number of amides is 1. The van der Waals surface area contributed by atoms with Crippen LogP contribution in [0.2, 0.25) is 0 Å². The summed E-state index contributed by atoms with van der Waals surface area (Å²) in [4.78, 5) is 27.5. The minimum absolute atomic E-state index is 0.155. The van der Waals surface area contributed by atoms with E-state index in [-0.39, 0.29) is 18.2 Å². The second kappa shape index (κ2) is 12.8. The summed E-state index contributed by atoms with van der Waals surface area (Å²) in [7, 11) is 4.43. The molecule has 9 nitrogen and oxygen atoms in total. The maximum absolute atomic E-state index is 12.3. The maximum atomic E-state index is 12.3. The molecule has 0 aliphatic heterocycles. The van der Waals surface area contributed by atoms with Gasteiger partial charge < -0.3 is 24.6 Å². The van der Waals surface area contributed by atoms with E-state index in [0.29, 0.717) is 23.6 Å². The van der Waals surface area contributed by atoms with E-state index < -0.39 is 0 Å². The molecule has 1 N–H and O–H groups in total. The molecule has 0 spiro atoms. The second-order valence-electron chi connectivity index (χ2n) is 7.08. The van der Waals surface area contributed by atoms with E-state index >= 15 is 0 Å². The number of rotatable bonds is 11. The predicted molar refractivity (Wildman–Crippen MR) is 128 cm³/mol. The first-order valence-corrected chi connectivity index (χ1v) is 10.3. The van der Waals surface area contributed by atoms with Crippen LogP contribution in [-0.4, -0.2) is 50.9 Å². The lowest BCUT2D eigenvalue weighted by Gasteiger charge is -2.13. The Kier molecular flexibility index (Phi) is 9.88. The quantitative estimate of drug-likeness (QED) is 0.414. The molecule has 2 aromatic rings. The van der Waals surface area contributed by atoms with Crippen LogP contribution in [0.5, 0.6) is 5.75 Å². The van der Waals surface area contributed by atoms with E-state index in [2.05, 4.69) is 20.8 Å². The zero-order valence-electron chi connectivity index (χ0n) is 19.8. The van der Waals surface area contributed by atoms with Crippen molar-refractivity contribution in [1.29, 1.82) is 0 Å². The van der Waals surface area contributed by atoms with Gasteiger partial charge in [0.25, 0.3) is 5.91 Å². The summed E-state index contributed by atoms with van der Waals surface area (Å²) in [6.07, 6.45) is 0. The summed E-state index contributed by atoms with van der Waals surface area (Å²) < 4.78 is 5.73. The molecular weight excluding hydrogens is 424 g/mol. The van der Waals surface area contributed by atoms with E-state index in [0.717, 1.165) is 22.4 Å². The smallest absolute Gasteiger partial charge is 0.273 e. The number of carbonyl (C=O) groups excluding carboxylic acids is 1. The Morgan fingerprint density at radius 3 is 2.42 bits per heavy atom. The largest absolute Gasteiger partial charge is 0.488 e. The van der Waals surface area contributed by atoms with Gasteiger partial charge in [0.1, 0.15) is 33.2 Å². The van der Waals surface area contributed by atoms with Gasteiger partial charge in [-0.3, -0.25) is 4.79 Å². The fourth-order valence-corrected chi connectivity index (χ4v) is 2.97. The molecule has 0 heterocycles. The fraction of sp³-hybridized carbons (Fsp3) is 0.333. The van der Waals surface area contributed by atoms with Gasteiger partial charge in [-0.05, 0) is 38.5 Å². The van der Waals surface area contributed by atoms with Crippen molar-refractivity contribution in [2.45, 2.75) is 27.4 Å². The Morgan fingerprint density at radius 2 is 1.73 bits per heavy atom. The highest BCUT2D eigenvalue weighted by Gasteiger charge is 2.19. The van der Waals surface area contributed by atoms with Gasteiger partial charge in [-0.2, -0.15) is 0 Å². The van der Waals surface area contributed by atoms with E-state index in [4.69, 9.17) is 19.2 Å². The summed E-state index contributed by atoms with van der Waals surface area (Å²) in [6.45, 7) is 6.07. The summed E-state index contributed by atoms with van der Waals surface area (Å²) in [5, 5.41) is 14.5. The van der Waals surface area contributed by atoms with Crippen LogP contribution in [0.4, 0.5) is 0 Å². The molecule has 0 saturated carbocycles. The van der Waals surface area contributed by atoms with E-state index in [1.807, 2.05) is 57.2 Å². The van der Waals surface area contributed by atoms with Crippen molar-refractivity contribution >= 4 is 23.0 Å². The highest BCUT2D eigenvalue weighted by Crippen LogP contribution is 2.18. The zero-order valence-corrected chi connectivity index (χ0v) is 19.8. The molecule has 0 atom stereocenters. The Hall–Kier alpha value is -3.88. The molecule has 0 bridgehead atoms. The number of likely N-dealkylation sites (N-methyl/N-ethyl adjacent to an activating group) is 1. The lowest BCUT2D eigenvalue weighted by atomic mass is 9.98. The van der Waals surface area contributed by atoms with Crippen LogP contribution in [0.15, 0.2) is 57.9 Å². The molecule has 0 unspecified atom stereocenters. The van der Waals surface area contributed by atoms with Gasteiger partial charge in [0.15, 0.2) is 5.71 Å². The Bertz CT molecular complexity index is 1050. The molecule has 0 aliphatic rings. The van der Waals surface area contributed by atoms with Gasteiger partial charge in [-0.25, -0.2) is 0 Å². The van der Waals surface area contributed by atoms with Crippen molar-refractivity contribution in [2.24, 2.45) is 15.5 Å². The number of nitrogens with one attached hydrogen (secondary N) is 1. The molecule has 33 heavy (non-hydrogen) atoms. The summed E-state index contributed by atoms with van der Waals surface area (Å²) in [6, 6.07) is 13.1. The van der Waals surface area contributed by atoms with E-state index in [9.17, 15) is 4.79 Å². The highest BCUT2D eigenvalue weighted by atomic mass is 16.6. The number of benzene rings is 2. The molecule has 1 amide bonds. The number of nitrogens with zero attached hydrogens (tertiary/aromatic N) is 3. The van der Waals surface area contributed by atoms with Gasteiger partial charge in [-0.15, -0.1) is 0 Å². The molecule has 0 aromatic heterocycles. The van der Waals surface area contributed by atoms with Crippen molar-refractivity contribution < 1.29 is 24.0 Å². The van der Waals surface area contributed by atoms with E-state index in [1.54, 1.807) is 6.07 Å². The lowest BCUT2D eigenvalue weighted by molar-refractivity contribution is -0.114. The van der Waals surface area contributed by atoms with Crippen molar-refractivity contribution in [3.63, 3.8) is 0 Å². The number of aryl methyl sites for hydroxylation is 1. The van der Waals surface area contributed by atoms with Crippen molar-refractivity contribution in [3.05, 3.63) is 64.7 Å². The molecule has 0 radical (unpaired) electrons. The molecule has 0 fully saturated rings. The molecule has 0 saturated heterocycles. The highest BCUT2D eigenvalue weighted by molar-refractivity contribution is 6.45. The van der Waals surface area contributed by atoms with Crippen molar-refractivity contribution in [3.8, 4) is 5.75 Å². The van der Waals surface area contributed by atoms with Gasteiger partial charge in [0.05, 0.1) is 11.4 Å². The summed E-state index contributed by atoms with van der Waals surface area (Å²) >= 11 is 0. The lowest BCUT2D eigenvalue weighted by Crippen LogP contribution is -2.29.